The number of aliphatic hydroxyl groups excluding tert-OH is 3. The molecule has 32 heavy (non-hydrogen) atoms. The fourth-order valence-corrected chi connectivity index (χ4v) is 4.53. The van der Waals surface area contributed by atoms with Gasteiger partial charge in [0, 0.05) is 19.0 Å². The molecule has 0 saturated carbocycles. The summed E-state index contributed by atoms with van der Waals surface area (Å²) in [5, 5.41) is 39.8. The van der Waals surface area contributed by atoms with Gasteiger partial charge in [0.2, 0.25) is 6.29 Å². The fraction of sp³-hybridized carbons (Fsp3) is 0.435. The van der Waals surface area contributed by atoms with Gasteiger partial charge < -0.3 is 34.8 Å². The zero-order valence-electron chi connectivity index (χ0n) is 17.5. The van der Waals surface area contributed by atoms with Crippen LogP contribution >= 0.6 is 11.6 Å². The number of aliphatic carboxylic acids is 1. The largest absolute Gasteiger partial charge is 0.479 e. The lowest BCUT2D eigenvalue weighted by Crippen LogP contribution is -2.61. The third-order valence-electron chi connectivity index (χ3n) is 6.08. The minimum Gasteiger partial charge on any atom is -0.479 e. The van der Waals surface area contributed by atoms with Gasteiger partial charge >= 0.3 is 5.97 Å². The van der Waals surface area contributed by atoms with Crippen LogP contribution in [-0.4, -0.2) is 82.1 Å². The van der Waals surface area contributed by atoms with E-state index in [4.69, 9.17) is 21.1 Å². The van der Waals surface area contributed by atoms with Crippen molar-refractivity contribution in [3.05, 3.63) is 64.2 Å². The van der Waals surface area contributed by atoms with E-state index >= 15 is 0 Å². The fourth-order valence-electron chi connectivity index (χ4n) is 4.30. The summed E-state index contributed by atoms with van der Waals surface area (Å²) in [6.07, 6.45) is -7.67. The van der Waals surface area contributed by atoms with Crippen LogP contribution in [0.25, 0.3) is 0 Å². The Morgan fingerprint density at radius 3 is 2.53 bits per heavy atom. The van der Waals surface area contributed by atoms with Crippen LogP contribution in [0, 0.1) is 0 Å². The van der Waals surface area contributed by atoms with Gasteiger partial charge in [-0.15, -0.1) is 0 Å². The predicted molar refractivity (Wildman–Crippen MR) is 116 cm³/mol. The number of benzene rings is 2. The van der Waals surface area contributed by atoms with Crippen molar-refractivity contribution in [1.29, 1.82) is 0 Å². The van der Waals surface area contributed by atoms with Gasteiger partial charge in [0.15, 0.2) is 6.10 Å². The summed E-state index contributed by atoms with van der Waals surface area (Å²) in [5.74, 6) is -1.22. The Kier molecular flexibility index (Phi) is 6.71. The molecule has 4 rings (SSSR count). The van der Waals surface area contributed by atoms with Gasteiger partial charge in [-0.2, -0.15) is 0 Å². The number of aliphatic hydroxyl groups is 3. The van der Waals surface area contributed by atoms with E-state index in [0.29, 0.717) is 0 Å². The normalized spacial score (nSPS) is 30.9. The maximum Gasteiger partial charge on any atom is 0.335 e. The van der Waals surface area contributed by atoms with Gasteiger partial charge in [0.05, 0.1) is 5.02 Å². The molecule has 0 amide bonds. The molecule has 1 fully saturated rings. The molecule has 0 aromatic heterocycles. The highest BCUT2D eigenvalue weighted by Crippen LogP contribution is 2.38. The molecule has 2 aliphatic rings. The molecule has 2 aromatic rings. The molecule has 6 atom stereocenters. The molecule has 172 valence electrons. The molecule has 4 N–H and O–H groups in total. The smallest absolute Gasteiger partial charge is 0.335 e. The Morgan fingerprint density at radius 2 is 1.84 bits per heavy atom. The van der Waals surface area contributed by atoms with Crippen molar-refractivity contribution in [2.75, 3.05) is 20.1 Å². The highest BCUT2D eigenvalue weighted by molar-refractivity contribution is 6.32. The minimum absolute atomic E-state index is 0.0506. The monoisotopic (exact) mass is 463 g/mol. The third-order valence-corrected chi connectivity index (χ3v) is 6.38. The van der Waals surface area contributed by atoms with E-state index in [0.717, 1.165) is 36.2 Å². The first-order valence-electron chi connectivity index (χ1n) is 10.4. The summed E-state index contributed by atoms with van der Waals surface area (Å²) in [7, 11) is 2.06. The average Bonchev–Trinajstić information content (AvgIpc) is 2.93. The number of hydrogen-bond acceptors (Lipinski definition) is 7. The second-order valence-corrected chi connectivity index (χ2v) is 8.72. The number of rotatable bonds is 4. The molecule has 2 aromatic carbocycles. The molecule has 2 aliphatic heterocycles. The average molecular weight is 464 g/mol. The third kappa shape index (κ3) is 4.47. The van der Waals surface area contributed by atoms with Gasteiger partial charge in [0.1, 0.15) is 24.1 Å². The zero-order chi connectivity index (χ0) is 23.0. The summed E-state index contributed by atoms with van der Waals surface area (Å²) in [6.45, 7) is 1.65. The number of halogens is 1. The zero-order valence-corrected chi connectivity index (χ0v) is 18.2. The van der Waals surface area contributed by atoms with Crippen molar-refractivity contribution in [1.82, 2.24) is 4.90 Å². The number of carboxylic acid groups (broad SMARTS) is 1. The second-order valence-electron chi connectivity index (χ2n) is 8.31. The summed E-state index contributed by atoms with van der Waals surface area (Å²) < 4.78 is 11.0. The van der Waals surface area contributed by atoms with Crippen molar-refractivity contribution in [2.24, 2.45) is 0 Å². The Bertz CT molecular complexity index is 972. The topological polar surface area (TPSA) is 120 Å². The number of hydrogen-bond donors (Lipinski definition) is 4. The van der Waals surface area contributed by atoms with E-state index in [2.05, 4.69) is 24.1 Å². The molecule has 0 aliphatic carbocycles. The van der Waals surface area contributed by atoms with Crippen molar-refractivity contribution < 1.29 is 34.7 Å². The van der Waals surface area contributed by atoms with Crippen LogP contribution in [0.5, 0.6) is 5.75 Å². The first kappa shape index (κ1) is 23.0. The van der Waals surface area contributed by atoms with Crippen LogP contribution in [0.1, 0.15) is 22.6 Å². The summed E-state index contributed by atoms with van der Waals surface area (Å²) in [4.78, 5) is 13.6. The van der Waals surface area contributed by atoms with Gasteiger partial charge in [-0.3, -0.25) is 0 Å². The number of carbonyl (C=O) groups is 1. The van der Waals surface area contributed by atoms with E-state index in [9.17, 15) is 25.2 Å². The molecule has 0 spiro atoms. The van der Waals surface area contributed by atoms with Crippen molar-refractivity contribution >= 4 is 17.6 Å². The first-order chi connectivity index (χ1) is 15.3. The highest BCUT2D eigenvalue weighted by atomic mass is 35.5. The lowest BCUT2D eigenvalue weighted by molar-refractivity contribution is -0.271. The molecule has 9 heteroatoms. The number of likely N-dealkylation sites (N-methyl/N-ethyl adjacent to an activating group) is 1. The van der Waals surface area contributed by atoms with Crippen molar-refractivity contribution in [2.45, 2.75) is 43.0 Å². The molecule has 8 nitrogen and oxygen atoms in total. The lowest BCUT2D eigenvalue weighted by Gasteiger charge is -2.38. The minimum atomic E-state index is -1.79. The van der Waals surface area contributed by atoms with Crippen molar-refractivity contribution in [3.8, 4) is 5.75 Å². The summed E-state index contributed by atoms with van der Waals surface area (Å²) in [6, 6.07) is 13.7. The number of carboxylic acids is 1. The lowest BCUT2D eigenvalue weighted by atomic mass is 9.88. The molecule has 0 radical (unpaired) electrons. The van der Waals surface area contributed by atoms with Crippen LogP contribution in [0.3, 0.4) is 0 Å². The Labute approximate surface area is 190 Å². The SMILES string of the molecule is CN1CCc2cc(Cl)c(O[C@@H]3O[C@H](C(=O)O)[C@@H](O)[C@H](O)[C@H]3O)cc2[C@@H](c2ccccc2)C1. The molecule has 1 saturated heterocycles. The Morgan fingerprint density at radius 1 is 1.12 bits per heavy atom. The highest BCUT2D eigenvalue weighted by Gasteiger charge is 2.48. The maximum atomic E-state index is 11.4. The number of ether oxygens (including phenoxy) is 2. The van der Waals surface area contributed by atoms with Crippen LogP contribution in [0.4, 0.5) is 0 Å². The van der Waals surface area contributed by atoms with Crippen LogP contribution in [0.15, 0.2) is 42.5 Å². The van der Waals surface area contributed by atoms with E-state index in [1.54, 1.807) is 6.07 Å². The Balaban J connectivity index is 1.68. The van der Waals surface area contributed by atoms with Crippen LogP contribution < -0.4 is 4.74 Å². The standard InChI is InChI=1S/C23H26ClNO7/c1-25-8-7-13-9-16(24)17(10-14(13)15(11-25)12-5-3-2-4-6-12)31-23-20(28)18(26)19(27)21(32-23)22(29)30/h2-6,9-10,15,18-21,23,26-28H,7-8,11H2,1H3,(H,29,30)/t15-,18+,19+,20-,21+,23-/m1/s1. The van der Waals surface area contributed by atoms with Crippen LogP contribution in [-0.2, 0) is 16.0 Å². The molecular weight excluding hydrogens is 438 g/mol. The van der Waals surface area contributed by atoms with Gasteiger partial charge in [-0.1, -0.05) is 41.9 Å². The number of nitrogens with zero attached hydrogens (tertiary/aromatic N) is 1. The molecular formula is C23H26ClNO7. The van der Waals surface area contributed by atoms with Crippen LogP contribution in [0.2, 0.25) is 5.02 Å². The molecule has 0 unspecified atom stereocenters. The summed E-state index contributed by atoms with van der Waals surface area (Å²) >= 11 is 6.47. The maximum absolute atomic E-state index is 11.4. The van der Waals surface area contributed by atoms with E-state index in [1.165, 1.54) is 0 Å². The first-order valence-corrected chi connectivity index (χ1v) is 10.8. The molecule has 2 heterocycles. The number of fused-ring (bicyclic) bond motifs is 1. The predicted octanol–water partition coefficient (Wildman–Crippen LogP) is 1.23. The molecule has 0 bridgehead atoms. The van der Waals surface area contributed by atoms with E-state index < -0.39 is 36.7 Å². The van der Waals surface area contributed by atoms with Gasteiger partial charge in [-0.05, 0) is 42.3 Å². The second kappa shape index (κ2) is 9.35. The van der Waals surface area contributed by atoms with Gasteiger partial charge in [0.25, 0.3) is 0 Å². The van der Waals surface area contributed by atoms with Gasteiger partial charge in [-0.25, -0.2) is 4.79 Å². The summed E-state index contributed by atoms with van der Waals surface area (Å²) in [5.41, 5.74) is 3.22. The van der Waals surface area contributed by atoms with Crippen molar-refractivity contribution in [3.63, 3.8) is 0 Å². The van der Waals surface area contributed by atoms with E-state index in [1.807, 2.05) is 24.3 Å². The van der Waals surface area contributed by atoms with E-state index in [-0.39, 0.29) is 16.7 Å². The quantitative estimate of drug-likeness (QED) is 0.534. The Hall–Kier alpha value is -2.20.